The lowest BCUT2D eigenvalue weighted by Crippen LogP contribution is -2.50. The molecule has 30 heavy (non-hydrogen) atoms. The summed E-state index contributed by atoms with van der Waals surface area (Å²) in [7, 11) is 0. The van der Waals surface area contributed by atoms with Crippen molar-refractivity contribution in [2.75, 3.05) is 26.2 Å². The number of carbonyl (C=O) groups excluding carboxylic acids is 2. The largest absolute Gasteiger partial charge is 0.451 e. The molecule has 4 rings (SSSR count). The first-order chi connectivity index (χ1) is 14.5. The van der Waals surface area contributed by atoms with Gasteiger partial charge in [0, 0.05) is 43.5 Å². The molecule has 5 nitrogen and oxygen atoms in total. The molecule has 0 aliphatic carbocycles. The second kappa shape index (κ2) is 8.69. The predicted octanol–water partition coefficient (Wildman–Crippen LogP) is 4.19. The highest BCUT2D eigenvalue weighted by Gasteiger charge is 2.28. The van der Waals surface area contributed by atoms with Crippen molar-refractivity contribution in [1.82, 2.24) is 9.80 Å². The maximum Gasteiger partial charge on any atom is 0.290 e. The number of hydrogen-bond acceptors (Lipinski definition) is 3. The molecule has 2 amide bonds. The molecule has 1 fully saturated rings. The Labute approximate surface area is 175 Å². The molecule has 0 radical (unpaired) electrons. The number of furan rings is 1. The lowest BCUT2D eigenvalue weighted by Gasteiger charge is -2.34. The van der Waals surface area contributed by atoms with E-state index in [9.17, 15) is 14.0 Å². The van der Waals surface area contributed by atoms with Crippen molar-refractivity contribution >= 4 is 22.8 Å². The first-order valence-electron chi connectivity index (χ1n) is 10.3. The molecule has 1 aromatic heterocycles. The van der Waals surface area contributed by atoms with Crippen LogP contribution in [0.15, 0.2) is 52.9 Å². The minimum Gasteiger partial charge on any atom is -0.451 e. The van der Waals surface area contributed by atoms with Gasteiger partial charge in [-0.1, -0.05) is 30.3 Å². The van der Waals surface area contributed by atoms with E-state index in [1.54, 1.807) is 17.9 Å². The van der Waals surface area contributed by atoms with Gasteiger partial charge in [-0.25, -0.2) is 4.39 Å². The van der Waals surface area contributed by atoms with Gasteiger partial charge in [0.2, 0.25) is 5.91 Å². The van der Waals surface area contributed by atoms with Gasteiger partial charge >= 0.3 is 0 Å². The van der Waals surface area contributed by atoms with Crippen LogP contribution in [-0.4, -0.2) is 47.8 Å². The number of piperazine rings is 1. The summed E-state index contributed by atoms with van der Waals surface area (Å²) in [6.45, 7) is 3.74. The number of hydrogen-bond donors (Lipinski definition) is 0. The van der Waals surface area contributed by atoms with Gasteiger partial charge in [-0.05, 0) is 43.5 Å². The van der Waals surface area contributed by atoms with E-state index in [0.717, 1.165) is 12.8 Å². The van der Waals surface area contributed by atoms with E-state index in [2.05, 4.69) is 12.1 Å². The molecule has 3 aromatic rings. The fraction of sp³-hybridized carbons (Fsp3) is 0.333. The molecular weight excluding hydrogens is 383 g/mol. The minimum absolute atomic E-state index is 0.133. The van der Waals surface area contributed by atoms with E-state index in [0.29, 0.717) is 49.1 Å². The number of amides is 2. The number of benzene rings is 2. The molecule has 1 saturated heterocycles. The van der Waals surface area contributed by atoms with Crippen LogP contribution in [0.2, 0.25) is 0 Å². The van der Waals surface area contributed by atoms with Gasteiger partial charge in [0.25, 0.3) is 5.91 Å². The van der Waals surface area contributed by atoms with Crippen molar-refractivity contribution in [1.29, 1.82) is 0 Å². The summed E-state index contributed by atoms with van der Waals surface area (Å²) in [6.07, 6.45) is 2.21. The van der Waals surface area contributed by atoms with E-state index in [-0.39, 0.29) is 23.4 Å². The summed E-state index contributed by atoms with van der Waals surface area (Å²) in [5, 5.41) is 0.616. The van der Waals surface area contributed by atoms with E-state index < -0.39 is 0 Å². The Hall–Kier alpha value is -3.15. The molecule has 0 saturated carbocycles. The zero-order chi connectivity index (χ0) is 21.1. The lowest BCUT2D eigenvalue weighted by atomic mass is 10.1. The maximum absolute atomic E-state index is 13.5. The zero-order valence-electron chi connectivity index (χ0n) is 17.1. The number of halogens is 1. The number of carbonyl (C=O) groups is 2. The quantitative estimate of drug-likeness (QED) is 0.636. The third-order valence-electron chi connectivity index (χ3n) is 5.71. The highest BCUT2D eigenvalue weighted by atomic mass is 19.1. The molecule has 0 atom stereocenters. The summed E-state index contributed by atoms with van der Waals surface area (Å²) in [6, 6.07) is 14.4. The van der Waals surface area contributed by atoms with Crippen LogP contribution in [0.25, 0.3) is 11.0 Å². The van der Waals surface area contributed by atoms with Crippen LogP contribution in [0, 0.1) is 12.7 Å². The van der Waals surface area contributed by atoms with Gasteiger partial charge in [-0.15, -0.1) is 0 Å². The molecule has 1 aliphatic rings. The van der Waals surface area contributed by atoms with Crippen molar-refractivity contribution in [3.8, 4) is 0 Å². The summed E-state index contributed by atoms with van der Waals surface area (Å²) >= 11 is 0. The van der Waals surface area contributed by atoms with E-state index in [4.69, 9.17) is 4.42 Å². The zero-order valence-corrected chi connectivity index (χ0v) is 17.1. The second-order valence-corrected chi connectivity index (χ2v) is 7.71. The molecule has 156 valence electrons. The number of fused-ring (bicyclic) bond motifs is 1. The monoisotopic (exact) mass is 408 g/mol. The SMILES string of the molecule is Cc1c(C(=O)N2CCN(C(=O)CCCc3ccccc3)CC2)oc2ccc(F)cc12. The minimum atomic E-state index is -0.357. The molecule has 0 spiro atoms. The fourth-order valence-corrected chi connectivity index (χ4v) is 3.95. The molecule has 0 bridgehead atoms. The molecule has 0 N–H and O–H groups in total. The van der Waals surface area contributed by atoms with Crippen molar-refractivity contribution in [2.45, 2.75) is 26.2 Å². The highest BCUT2D eigenvalue weighted by molar-refractivity contribution is 5.99. The van der Waals surface area contributed by atoms with Gasteiger partial charge in [0.15, 0.2) is 5.76 Å². The van der Waals surface area contributed by atoms with E-state index in [1.807, 2.05) is 23.1 Å². The Balaban J connectivity index is 1.31. The van der Waals surface area contributed by atoms with E-state index in [1.165, 1.54) is 17.7 Å². The van der Waals surface area contributed by atoms with Crippen LogP contribution in [-0.2, 0) is 11.2 Å². The average Bonchev–Trinajstić information content (AvgIpc) is 3.10. The third kappa shape index (κ3) is 4.22. The highest BCUT2D eigenvalue weighted by Crippen LogP contribution is 2.27. The summed E-state index contributed by atoms with van der Waals surface area (Å²) in [4.78, 5) is 29.0. The maximum atomic E-state index is 13.5. The van der Waals surface area contributed by atoms with E-state index >= 15 is 0 Å². The van der Waals surface area contributed by atoms with Crippen molar-refractivity contribution < 1.29 is 18.4 Å². The van der Waals surface area contributed by atoms with Crippen LogP contribution in [0.4, 0.5) is 4.39 Å². The third-order valence-corrected chi connectivity index (χ3v) is 5.71. The summed E-state index contributed by atoms with van der Waals surface area (Å²) < 4.78 is 19.2. The molecule has 1 aliphatic heterocycles. The van der Waals surface area contributed by atoms with Crippen LogP contribution in [0.3, 0.4) is 0 Å². The fourth-order valence-electron chi connectivity index (χ4n) is 3.95. The van der Waals surface area contributed by atoms with Crippen molar-refractivity contribution in [3.63, 3.8) is 0 Å². The van der Waals surface area contributed by atoms with Gasteiger partial charge < -0.3 is 14.2 Å². The first-order valence-corrected chi connectivity index (χ1v) is 10.3. The molecule has 0 unspecified atom stereocenters. The van der Waals surface area contributed by atoms with Crippen LogP contribution < -0.4 is 0 Å². The van der Waals surface area contributed by atoms with Crippen LogP contribution in [0.5, 0.6) is 0 Å². The Bertz CT molecular complexity index is 1050. The standard InChI is InChI=1S/C24H25FN2O3/c1-17-20-16-19(25)10-11-21(20)30-23(17)24(29)27-14-12-26(13-15-27)22(28)9-5-8-18-6-3-2-4-7-18/h2-4,6-7,10-11,16H,5,8-9,12-15H2,1H3. The number of aryl methyl sites for hydroxylation is 2. The Morgan fingerprint density at radius 2 is 1.70 bits per heavy atom. The summed E-state index contributed by atoms with van der Waals surface area (Å²) in [5.74, 6) is -0.184. The topological polar surface area (TPSA) is 53.8 Å². The van der Waals surface area contributed by atoms with Crippen LogP contribution >= 0.6 is 0 Å². The Kier molecular flexibility index (Phi) is 5.84. The second-order valence-electron chi connectivity index (χ2n) is 7.71. The van der Waals surface area contributed by atoms with Crippen molar-refractivity contribution in [3.05, 3.63) is 71.2 Å². The number of rotatable bonds is 5. The van der Waals surface area contributed by atoms with Gasteiger partial charge in [0.1, 0.15) is 11.4 Å². The first kappa shape index (κ1) is 20.1. The molecule has 6 heteroatoms. The molecular formula is C24H25FN2O3. The van der Waals surface area contributed by atoms with Gasteiger partial charge in [-0.2, -0.15) is 0 Å². The lowest BCUT2D eigenvalue weighted by molar-refractivity contribution is -0.132. The van der Waals surface area contributed by atoms with Gasteiger partial charge in [0.05, 0.1) is 0 Å². The Morgan fingerprint density at radius 1 is 1.00 bits per heavy atom. The van der Waals surface area contributed by atoms with Gasteiger partial charge in [-0.3, -0.25) is 9.59 Å². The Morgan fingerprint density at radius 3 is 2.43 bits per heavy atom. The smallest absolute Gasteiger partial charge is 0.290 e. The van der Waals surface area contributed by atoms with Crippen molar-refractivity contribution in [2.24, 2.45) is 0 Å². The molecule has 2 heterocycles. The normalized spacial score (nSPS) is 14.3. The predicted molar refractivity (Wildman–Crippen MR) is 113 cm³/mol. The summed E-state index contributed by atoms with van der Waals surface area (Å²) in [5.41, 5.74) is 2.39. The average molecular weight is 408 g/mol. The van der Waals surface area contributed by atoms with Crippen LogP contribution in [0.1, 0.15) is 34.5 Å². The molecule has 2 aromatic carbocycles. The number of nitrogens with zero attached hydrogens (tertiary/aromatic N) is 2.